The predicted molar refractivity (Wildman–Crippen MR) is 206 cm³/mol. The summed E-state index contributed by atoms with van der Waals surface area (Å²) in [6.07, 6.45) is 0. The highest BCUT2D eigenvalue weighted by Gasteiger charge is 2.17. The molecule has 0 atom stereocenters. The van der Waals surface area contributed by atoms with Crippen molar-refractivity contribution >= 4 is 34.1 Å². The van der Waals surface area contributed by atoms with E-state index in [9.17, 15) is 0 Å². The summed E-state index contributed by atoms with van der Waals surface area (Å²) in [5, 5.41) is 0. The second-order valence-electron chi connectivity index (χ2n) is 12.6. The van der Waals surface area contributed by atoms with Crippen LogP contribution in [0.25, 0.3) is 22.3 Å². The Kier molecular flexibility index (Phi) is 8.64. The van der Waals surface area contributed by atoms with E-state index in [1.54, 1.807) is 0 Å². The van der Waals surface area contributed by atoms with Crippen molar-refractivity contribution in [1.29, 1.82) is 0 Å². The summed E-state index contributed by atoms with van der Waals surface area (Å²) >= 11 is 0. The number of rotatable bonds is 8. The topological polar surface area (TPSA) is 6.48 Å². The number of hydrogen-bond donors (Lipinski definition) is 0. The Morgan fingerprint density at radius 1 is 0.292 bits per heavy atom. The first kappa shape index (κ1) is 30.8. The van der Waals surface area contributed by atoms with Crippen LogP contribution in [0.2, 0.25) is 0 Å². The third-order valence-corrected chi connectivity index (χ3v) is 8.99. The molecule has 0 amide bonds. The van der Waals surface area contributed by atoms with Gasteiger partial charge >= 0.3 is 0 Å². The predicted octanol–water partition coefficient (Wildman–Crippen LogP) is 13.2. The van der Waals surface area contributed by atoms with Gasteiger partial charge in [-0.1, -0.05) is 97.1 Å². The van der Waals surface area contributed by atoms with Gasteiger partial charge in [-0.05, 0) is 145 Å². The van der Waals surface area contributed by atoms with Crippen LogP contribution < -0.4 is 9.80 Å². The summed E-state index contributed by atoms with van der Waals surface area (Å²) in [6, 6.07) is 61.2. The second kappa shape index (κ2) is 13.5. The van der Waals surface area contributed by atoms with Crippen LogP contribution in [-0.2, 0) is 0 Å². The molecule has 0 aliphatic heterocycles. The molecule has 2 nitrogen and oxygen atoms in total. The Bertz CT molecular complexity index is 2170. The Morgan fingerprint density at radius 3 is 1.12 bits per heavy atom. The maximum atomic E-state index is 2.36. The standard InChI is InChI=1S/C46H40N2/c1-33-13-11-19-41(29-33)47(39-17-9-6-10-18-39)43-25-27-45(35(3)31-43)46-28-26-44(32-36(46)4)48(42-20-12-14-34(2)30-42)40-23-21-38(22-24-40)37-15-7-5-8-16-37/h5-32H,1-4H3. The molecule has 0 spiro atoms. The van der Waals surface area contributed by atoms with E-state index in [1.807, 2.05) is 0 Å². The minimum absolute atomic E-state index is 1.13. The smallest absolute Gasteiger partial charge is 0.0464 e. The van der Waals surface area contributed by atoms with Crippen molar-refractivity contribution < 1.29 is 0 Å². The first-order valence-electron chi connectivity index (χ1n) is 16.6. The highest BCUT2D eigenvalue weighted by Crippen LogP contribution is 2.41. The fourth-order valence-electron chi connectivity index (χ4n) is 6.62. The molecule has 7 aromatic carbocycles. The average molecular weight is 621 g/mol. The van der Waals surface area contributed by atoms with Gasteiger partial charge in [0.1, 0.15) is 0 Å². The van der Waals surface area contributed by atoms with Crippen molar-refractivity contribution in [3.05, 3.63) is 192 Å². The zero-order valence-corrected chi connectivity index (χ0v) is 28.1. The van der Waals surface area contributed by atoms with Crippen molar-refractivity contribution in [2.75, 3.05) is 9.80 Å². The van der Waals surface area contributed by atoms with E-state index in [0.29, 0.717) is 0 Å². The van der Waals surface area contributed by atoms with Gasteiger partial charge in [-0.3, -0.25) is 0 Å². The van der Waals surface area contributed by atoms with Crippen molar-refractivity contribution in [2.24, 2.45) is 0 Å². The molecule has 48 heavy (non-hydrogen) atoms. The summed E-state index contributed by atoms with van der Waals surface area (Å²) < 4.78 is 0. The molecule has 0 heterocycles. The van der Waals surface area contributed by atoms with Crippen molar-refractivity contribution in [3.8, 4) is 22.3 Å². The van der Waals surface area contributed by atoms with Gasteiger partial charge in [-0.25, -0.2) is 0 Å². The van der Waals surface area contributed by atoms with Gasteiger partial charge in [-0.2, -0.15) is 0 Å². The number of para-hydroxylation sites is 1. The van der Waals surface area contributed by atoms with E-state index in [2.05, 4.69) is 207 Å². The Balaban J connectivity index is 1.25. The first-order valence-corrected chi connectivity index (χ1v) is 16.6. The SMILES string of the molecule is Cc1cccc(N(c2ccccc2)c2ccc(-c3ccc(N(c4ccc(-c5ccccc5)cc4)c4cccc(C)c4)cc3C)c(C)c2)c1. The maximum absolute atomic E-state index is 2.36. The maximum Gasteiger partial charge on any atom is 0.0464 e. The lowest BCUT2D eigenvalue weighted by molar-refractivity contribution is 1.25. The van der Waals surface area contributed by atoms with Crippen molar-refractivity contribution in [1.82, 2.24) is 0 Å². The van der Waals surface area contributed by atoms with Gasteiger partial charge in [0.05, 0.1) is 0 Å². The zero-order valence-electron chi connectivity index (χ0n) is 28.1. The van der Waals surface area contributed by atoms with Gasteiger partial charge in [0.15, 0.2) is 0 Å². The molecule has 0 saturated carbocycles. The van der Waals surface area contributed by atoms with E-state index in [-0.39, 0.29) is 0 Å². The van der Waals surface area contributed by atoms with E-state index < -0.39 is 0 Å². The highest BCUT2D eigenvalue weighted by atomic mass is 15.1. The number of nitrogens with zero attached hydrogens (tertiary/aromatic N) is 2. The van der Waals surface area contributed by atoms with E-state index in [4.69, 9.17) is 0 Å². The van der Waals surface area contributed by atoms with E-state index in [1.165, 1.54) is 44.5 Å². The minimum atomic E-state index is 1.13. The van der Waals surface area contributed by atoms with Gasteiger partial charge in [0, 0.05) is 34.1 Å². The van der Waals surface area contributed by atoms with Gasteiger partial charge in [0.25, 0.3) is 0 Å². The summed E-state index contributed by atoms with van der Waals surface area (Å²) in [5.74, 6) is 0. The van der Waals surface area contributed by atoms with Crippen LogP contribution in [0.5, 0.6) is 0 Å². The summed E-state index contributed by atoms with van der Waals surface area (Å²) in [6.45, 7) is 8.74. The number of aryl methyl sites for hydroxylation is 4. The Morgan fingerprint density at radius 2 is 0.667 bits per heavy atom. The largest absolute Gasteiger partial charge is 0.310 e. The molecule has 0 saturated heterocycles. The monoisotopic (exact) mass is 620 g/mol. The lowest BCUT2D eigenvalue weighted by Crippen LogP contribution is -2.11. The van der Waals surface area contributed by atoms with Crippen LogP contribution in [0.15, 0.2) is 170 Å². The fraction of sp³-hybridized carbons (Fsp3) is 0.0870. The van der Waals surface area contributed by atoms with Gasteiger partial charge < -0.3 is 9.80 Å². The molecule has 234 valence electrons. The quantitative estimate of drug-likeness (QED) is 0.167. The Hall–Kier alpha value is -5.86. The average Bonchev–Trinajstić information content (AvgIpc) is 3.10. The molecule has 0 bridgehead atoms. The normalized spacial score (nSPS) is 10.9. The number of anilines is 6. The van der Waals surface area contributed by atoms with Crippen LogP contribution in [0.1, 0.15) is 22.3 Å². The molecular formula is C46H40N2. The lowest BCUT2D eigenvalue weighted by atomic mass is 9.95. The number of hydrogen-bond acceptors (Lipinski definition) is 2. The molecule has 0 aliphatic rings. The number of benzene rings is 7. The third kappa shape index (κ3) is 6.38. The summed E-state index contributed by atoms with van der Waals surface area (Å²) in [5.41, 5.74) is 16.7. The van der Waals surface area contributed by atoms with Gasteiger partial charge in [-0.15, -0.1) is 0 Å². The molecule has 2 heteroatoms. The van der Waals surface area contributed by atoms with Crippen LogP contribution in [0.4, 0.5) is 34.1 Å². The van der Waals surface area contributed by atoms with Crippen LogP contribution in [0.3, 0.4) is 0 Å². The van der Waals surface area contributed by atoms with Gasteiger partial charge in [0.2, 0.25) is 0 Å². The molecular weight excluding hydrogens is 581 g/mol. The van der Waals surface area contributed by atoms with Crippen LogP contribution in [-0.4, -0.2) is 0 Å². The molecule has 0 aliphatic carbocycles. The minimum Gasteiger partial charge on any atom is -0.310 e. The van der Waals surface area contributed by atoms with Crippen LogP contribution in [0, 0.1) is 27.7 Å². The van der Waals surface area contributed by atoms with Crippen LogP contribution >= 0.6 is 0 Å². The molecule has 0 N–H and O–H groups in total. The lowest BCUT2D eigenvalue weighted by Gasteiger charge is -2.28. The highest BCUT2D eigenvalue weighted by molar-refractivity contribution is 5.84. The van der Waals surface area contributed by atoms with E-state index >= 15 is 0 Å². The van der Waals surface area contributed by atoms with E-state index in [0.717, 1.165) is 34.1 Å². The summed E-state index contributed by atoms with van der Waals surface area (Å²) in [4.78, 5) is 4.69. The third-order valence-electron chi connectivity index (χ3n) is 8.99. The Labute approximate surface area is 285 Å². The molecule has 0 unspecified atom stereocenters. The molecule has 0 aromatic heterocycles. The molecule has 7 aromatic rings. The van der Waals surface area contributed by atoms with Crippen molar-refractivity contribution in [3.63, 3.8) is 0 Å². The second-order valence-corrected chi connectivity index (χ2v) is 12.6. The molecule has 0 fully saturated rings. The first-order chi connectivity index (χ1) is 23.4. The van der Waals surface area contributed by atoms with Crippen molar-refractivity contribution in [2.45, 2.75) is 27.7 Å². The zero-order chi connectivity index (χ0) is 33.0. The molecule has 7 rings (SSSR count). The fourth-order valence-corrected chi connectivity index (χ4v) is 6.62. The summed E-state index contributed by atoms with van der Waals surface area (Å²) in [7, 11) is 0. The molecule has 0 radical (unpaired) electrons.